The van der Waals surface area contributed by atoms with Crippen LogP contribution in [0.1, 0.15) is 5.69 Å². The third kappa shape index (κ3) is 4.54. The molecule has 168 valence electrons. The molecule has 0 aliphatic rings. The van der Waals surface area contributed by atoms with Crippen LogP contribution in [0.25, 0.3) is 16.9 Å². The summed E-state index contributed by atoms with van der Waals surface area (Å²) in [5.74, 6) is 0.723. The molecule has 10 heteroatoms. The van der Waals surface area contributed by atoms with Crippen LogP contribution in [0, 0.1) is 0 Å². The summed E-state index contributed by atoms with van der Waals surface area (Å²) in [4.78, 5) is 9.08. The summed E-state index contributed by atoms with van der Waals surface area (Å²) in [6.45, 7) is 0.124. The maximum Gasteiger partial charge on any atom is 0.240 e. The second kappa shape index (κ2) is 9.09. The van der Waals surface area contributed by atoms with Crippen molar-refractivity contribution in [3.63, 3.8) is 0 Å². The molecule has 5 rings (SSSR count). The predicted molar refractivity (Wildman–Crippen MR) is 135 cm³/mol. The van der Waals surface area contributed by atoms with Crippen molar-refractivity contribution in [2.45, 2.75) is 11.4 Å². The molecule has 3 aromatic heterocycles. The van der Waals surface area contributed by atoms with Gasteiger partial charge in [0.1, 0.15) is 13.7 Å². The van der Waals surface area contributed by atoms with Crippen LogP contribution in [0.3, 0.4) is 0 Å². The van der Waals surface area contributed by atoms with Gasteiger partial charge in [0.2, 0.25) is 10.0 Å². The van der Waals surface area contributed by atoms with Gasteiger partial charge >= 0.3 is 0 Å². The molecule has 0 amide bonds. The van der Waals surface area contributed by atoms with Crippen molar-refractivity contribution in [3.05, 3.63) is 97.0 Å². The van der Waals surface area contributed by atoms with E-state index < -0.39 is 10.0 Å². The quantitative estimate of drug-likeness (QED) is 0.356. The first kappa shape index (κ1) is 21.8. The molecule has 2 N–H and O–H groups in total. The Hall–Kier alpha value is -4.02. The molecule has 0 radical (unpaired) electrons. The van der Waals surface area contributed by atoms with Gasteiger partial charge in [-0.2, -0.15) is 9.61 Å². The SMILES string of the molecule is Bc1cnn2c(Nc3ccc(S(=O)(=O)NCc4ccccn4)cc3)cc(-c3ccccc3)nc12. The van der Waals surface area contributed by atoms with Gasteiger partial charge in [0.25, 0.3) is 0 Å². The maximum atomic E-state index is 12.7. The minimum absolute atomic E-state index is 0.124. The Bertz CT molecular complexity index is 1540. The van der Waals surface area contributed by atoms with Gasteiger partial charge in [-0.05, 0) is 41.9 Å². The monoisotopic (exact) mass is 468 g/mol. The van der Waals surface area contributed by atoms with Crippen LogP contribution in [-0.4, -0.2) is 35.8 Å². The van der Waals surface area contributed by atoms with Gasteiger partial charge in [0.05, 0.1) is 22.8 Å². The number of pyridine rings is 1. The molecule has 5 aromatic rings. The number of nitrogens with one attached hydrogen (secondary N) is 2. The molecule has 0 aliphatic carbocycles. The highest BCUT2D eigenvalue weighted by atomic mass is 32.2. The van der Waals surface area contributed by atoms with Gasteiger partial charge in [-0.3, -0.25) is 4.98 Å². The first-order valence-corrected chi connectivity index (χ1v) is 12.2. The van der Waals surface area contributed by atoms with Gasteiger partial charge < -0.3 is 5.32 Å². The van der Waals surface area contributed by atoms with Crippen LogP contribution < -0.4 is 15.5 Å². The van der Waals surface area contributed by atoms with Crippen LogP contribution in [0.5, 0.6) is 0 Å². The van der Waals surface area contributed by atoms with E-state index in [1.807, 2.05) is 50.3 Å². The van der Waals surface area contributed by atoms with Crippen LogP contribution in [0.15, 0.2) is 96.2 Å². The Morgan fingerprint density at radius 3 is 2.44 bits per heavy atom. The molecule has 0 spiro atoms. The molecule has 0 saturated heterocycles. The van der Waals surface area contributed by atoms with Gasteiger partial charge in [0, 0.05) is 29.7 Å². The van der Waals surface area contributed by atoms with Gasteiger partial charge in [-0.25, -0.2) is 18.1 Å². The van der Waals surface area contributed by atoms with Crippen molar-refractivity contribution in [2.75, 3.05) is 5.32 Å². The molecule has 0 unspecified atom stereocenters. The van der Waals surface area contributed by atoms with Crippen molar-refractivity contribution in [1.82, 2.24) is 24.3 Å². The molecule has 0 bridgehead atoms. The number of nitrogens with zero attached hydrogens (tertiary/aromatic N) is 4. The summed E-state index contributed by atoms with van der Waals surface area (Å²) in [5, 5.41) is 7.78. The molecule has 0 atom stereocenters. The molecule has 0 fully saturated rings. The summed E-state index contributed by atoms with van der Waals surface area (Å²) in [5.41, 5.74) is 4.90. The van der Waals surface area contributed by atoms with Crippen LogP contribution >= 0.6 is 0 Å². The van der Waals surface area contributed by atoms with E-state index in [0.29, 0.717) is 5.69 Å². The summed E-state index contributed by atoms with van der Waals surface area (Å²) in [7, 11) is -1.70. The minimum Gasteiger partial charge on any atom is -0.340 e. The fraction of sp³-hybridized carbons (Fsp3) is 0.0417. The number of rotatable bonds is 7. The highest BCUT2D eigenvalue weighted by Gasteiger charge is 2.15. The smallest absolute Gasteiger partial charge is 0.240 e. The zero-order valence-corrected chi connectivity index (χ0v) is 19.2. The van der Waals surface area contributed by atoms with Crippen molar-refractivity contribution in [3.8, 4) is 11.3 Å². The van der Waals surface area contributed by atoms with E-state index in [9.17, 15) is 8.42 Å². The molecular weight excluding hydrogens is 447 g/mol. The molecule has 3 heterocycles. The van der Waals surface area contributed by atoms with E-state index >= 15 is 0 Å². The lowest BCUT2D eigenvalue weighted by atomic mass is 10.0. The van der Waals surface area contributed by atoms with Crippen LogP contribution in [0.2, 0.25) is 0 Å². The van der Waals surface area contributed by atoms with Gasteiger partial charge in [-0.1, -0.05) is 36.4 Å². The first-order chi connectivity index (χ1) is 16.5. The first-order valence-electron chi connectivity index (χ1n) is 10.7. The summed E-state index contributed by atoms with van der Waals surface area (Å²) < 4.78 is 29.7. The molecular formula is C24H21BN6O2S. The van der Waals surface area contributed by atoms with E-state index in [-0.39, 0.29) is 11.4 Å². The average molecular weight is 468 g/mol. The lowest BCUT2D eigenvalue weighted by Gasteiger charge is -2.12. The fourth-order valence-electron chi connectivity index (χ4n) is 3.54. The van der Waals surface area contributed by atoms with Crippen molar-refractivity contribution >= 4 is 40.5 Å². The minimum atomic E-state index is -3.67. The molecule has 2 aromatic carbocycles. The Balaban J connectivity index is 1.40. The Morgan fingerprint density at radius 2 is 1.71 bits per heavy atom. The maximum absolute atomic E-state index is 12.7. The second-order valence-corrected chi connectivity index (χ2v) is 9.52. The van der Waals surface area contributed by atoms with E-state index in [1.165, 1.54) is 0 Å². The number of hydrogen-bond acceptors (Lipinski definition) is 6. The number of sulfonamides is 1. The van der Waals surface area contributed by atoms with Crippen molar-refractivity contribution in [2.24, 2.45) is 0 Å². The highest BCUT2D eigenvalue weighted by Crippen LogP contribution is 2.24. The van der Waals surface area contributed by atoms with Crippen molar-refractivity contribution in [1.29, 1.82) is 0 Å². The number of hydrogen-bond donors (Lipinski definition) is 2. The second-order valence-electron chi connectivity index (χ2n) is 7.75. The number of fused-ring (bicyclic) bond motifs is 1. The fourth-order valence-corrected chi connectivity index (χ4v) is 4.54. The lowest BCUT2D eigenvalue weighted by Crippen LogP contribution is -2.23. The normalized spacial score (nSPS) is 11.5. The van der Waals surface area contributed by atoms with Gasteiger partial charge in [0.15, 0.2) is 5.65 Å². The Labute approximate surface area is 198 Å². The third-order valence-electron chi connectivity index (χ3n) is 5.32. The number of benzene rings is 2. The predicted octanol–water partition coefficient (Wildman–Crippen LogP) is 2.27. The Kier molecular flexibility index (Phi) is 5.83. The molecule has 34 heavy (non-hydrogen) atoms. The zero-order valence-electron chi connectivity index (χ0n) is 18.4. The number of anilines is 2. The average Bonchev–Trinajstić information content (AvgIpc) is 3.25. The lowest BCUT2D eigenvalue weighted by molar-refractivity contribution is 0.580. The Morgan fingerprint density at radius 1 is 0.941 bits per heavy atom. The van der Waals surface area contributed by atoms with Gasteiger partial charge in [-0.15, -0.1) is 0 Å². The molecule has 0 aliphatic heterocycles. The summed E-state index contributed by atoms with van der Waals surface area (Å²) in [6.07, 6.45) is 3.40. The number of aromatic nitrogens is 4. The van der Waals surface area contributed by atoms with Crippen LogP contribution in [-0.2, 0) is 16.6 Å². The topological polar surface area (TPSA) is 101 Å². The van der Waals surface area contributed by atoms with Crippen molar-refractivity contribution < 1.29 is 8.42 Å². The zero-order chi connectivity index (χ0) is 23.5. The van der Waals surface area contributed by atoms with E-state index in [0.717, 1.165) is 33.9 Å². The van der Waals surface area contributed by atoms with Crippen LogP contribution in [0.4, 0.5) is 11.5 Å². The standard InChI is InChI=1S/C24H21BN6O2S/c25-21-16-27-31-23(14-22(30-24(21)31)17-6-2-1-3-7-17)29-18-9-11-20(12-10-18)34(32,33)28-15-19-8-4-5-13-26-19/h1-14,16,28-29H,15,25H2. The van der Waals surface area contributed by atoms with E-state index in [4.69, 9.17) is 4.98 Å². The molecule has 8 nitrogen and oxygen atoms in total. The summed E-state index contributed by atoms with van der Waals surface area (Å²) >= 11 is 0. The largest absolute Gasteiger partial charge is 0.340 e. The summed E-state index contributed by atoms with van der Waals surface area (Å²) in [6, 6.07) is 23.8. The van der Waals surface area contributed by atoms with E-state index in [2.05, 4.69) is 20.1 Å². The highest BCUT2D eigenvalue weighted by molar-refractivity contribution is 7.89. The molecule has 0 saturated carbocycles. The third-order valence-corrected chi connectivity index (χ3v) is 6.74. The van der Waals surface area contributed by atoms with E-state index in [1.54, 1.807) is 53.3 Å².